The molecule has 104 valence electrons. The summed E-state index contributed by atoms with van der Waals surface area (Å²) in [7, 11) is 0. The zero-order valence-corrected chi connectivity index (χ0v) is 10.8. The van der Waals surface area contributed by atoms with E-state index in [9.17, 15) is 8.78 Å². The van der Waals surface area contributed by atoms with Crippen molar-refractivity contribution in [3.05, 3.63) is 29.3 Å². The molecule has 2 aliphatic rings. The van der Waals surface area contributed by atoms with Crippen molar-refractivity contribution in [2.24, 2.45) is 5.73 Å². The van der Waals surface area contributed by atoms with Crippen LogP contribution in [0.2, 0.25) is 0 Å². The number of hydrogen-bond acceptors (Lipinski definition) is 3. The molecule has 0 radical (unpaired) electrons. The summed E-state index contributed by atoms with van der Waals surface area (Å²) < 4.78 is 27.6. The van der Waals surface area contributed by atoms with Crippen LogP contribution in [0.4, 0.5) is 14.5 Å². The van der Waals surface area contributed by atoms with Gasteiger partial charge in [0.2, 0.25) is 0 Å². The fourth-order valence-electron chi connectivity index (χ4n) is 2.97. The maximum absolute atomic E-state index is 13.8. The minimum Gasteiger partial charge on any atom is -0.365 e. The van der Waals surface area contributed by atoms with Crippen LogP contribution >= 0.6 is 0 Å². The van der Waals surface area contributed by atoms with Crippen LogP contribution in [0.3, 0.4) is 0 Å². The van der Waals surface area contributed by atoms with Crippen molar-refractivity contribution in [1.29, 1.82) is 0 Å². The Labute approximate surface area is 111 Å². The van der Waals surface area contributed by atoms with Crippen molar-refractivity contribution < 1.29 is 8.78 Å². The van der Waals surface area contributed by atoms with E-state index in [0.29, 0.717) is 13.0 Å². The number of rotatable bonds is 1. The molecule has 19 heavy (non-hydrogen) atoms. The van der Waals surface area contributed by atoms with Crippen LogP contribution in [0.15, 0.2) is 18.2 Å². The summed E-state index contributed by atoms with van der Waals surface area (Å²) in [5.41, 5.74) is 8.91. The Balaban J connectivity index is 1.90. The molecular weight excluding hydrogens is 248 g/mol. The molecule has 0 aromatic heterocycles. The fourth-order valence-corrected chi connectivity index (χ4v) is 2.97. The number of hydrogen-bond donors (Lipinski definition) is 2. The first kappa shape index (κ1) is 12.8. The van der Waals surface area contributed by atoms with Crippen LogP contribution < -0.4 is 16.0 Å². The van der Waals surface area contributed by atoms with E-state index in [-0.39, 0.29) is 6.54 Å². The molecule has 3 nitrogen and oxygen atoms in total. The third kappa shape index (κ3) is 2.32. The normalized spacial score (nSPS) is 26.1. The topological polar surface area (TPSA) is 41.3 Å². The molecule has 5 heteroatoms. The summed E-state index contributed by atoms with van der Waals surface area (Å²) in [5, 5.41) is 3.31. The largest absolute Gasteiger partial charge is 0.365 e. The first-order chi connectivity index (χ1) is 9.08. The molecule has 0 aliphatic carbocycles. The summed E-state index contributed by atoms with van der Waals surface area (Å²) >= 11 is 0. The molecule has 1 aromatic rings. The Morgan fingerprint density at radius 3 is 3.00 bits per heavy atom. The van der Waals surface area contributed by atoms with Gasteiger partial charge in [0.1, 0.15) is 0 Å². The van der Waals surface area contributed by atoms with Gasteiger partial charge in [-0.2, -0.15) is 0 Å². The van der Waals surface area contributed by atoms with Crippen LogP contribution in [0, 0.1) is 0 Å². The van der Waals surface area contributed by atoms with Crippen LogP contribution in [0.25, 0.3) is 0 Å². The average Bonchev–Trinajstić information content (AvgIpc) is 2.41. The second kappa shape index (κ2) is 4.72. The van der Waals surface area contributed by atoms with E-state index in [1.807, 2.05) is 12.1 Å². The van der Waals surface area contributed by atoms with Crippen molar-refractivity contribution in [3.63, 3.8) is 0 Å². The third-order valence-corrected chi connectivity index (χ3v) is 4.11. The number of nitrogens with one attached hydrogen (secondary N) is 1. The van der Waals surface area contributed by atoms with Gasteiger partial charge in [-0.3, -0.25) is 0 Å². The Morgan fingerprint density at radius 1 is 1.37 bits per heavy atom. The highest BCUT2D eigenvalue weighted by atomic mass is 19.3. The van der Waals surface area contributed by atoms with Gasteiger partial charge >= 0.3 is 0 Å². The molecule has 3 rings (SSSR count). The highest BCUT2D eigenvalue weighted by Gasteiger charge is 2.42. The van der Waals surface area contributed by atoms with E-state index in [0.717, 1.165) is 25.2 Å². The van der Waals surface area contributed by atoms with Gasteiger partial charge in [-0.05, 0) is 36.6 Å². The highest BCUT2D eigenvalue weighted by molar-refractivity contribution is 5.58. The highest BCUT2D eigenvalue weighted by Crippen LogP contribution is 2.33. The van der Waals surface area contributed by atoms with Crippen molar-refractivity contribution >= 4 is 5.69 Å². The molecule has 0 amide bonds. The minimum absolute atomic E-state index is 0.266. The number of anilines is 1. The summed E-state index contributed by atoms with van der Waals surface area (Å²) in [4.78, 5) is 1.80. The predicted molar refractivity (Wildman–Crippen MR) is 71.6 cm³/mol. The van der Waals surface area contributed by atoms with Crippen LogP contribution in [0.1, 0.15) is 17.5 Å². The van der Waals surface area contributed by atoms with Gasteiger partial charge in [-0.25, -0.2) is 8.78 Å². The summed E-state index contributed by atoms with van der Waals surface area (Å²) in [6, 6.07) is 4.97. The lowest BCUT2D eigenvalue weighted by atomic mass is 9.95. The Hall–Kier alpha value is -1.20. The lowest BCUT2D eigenvalue weighted by Gasteiger charge is -2.39. The van der Waals surface area contributed by atoms with E-state index in [1.165, 1.54) is 11.1 Å². The molecule has 0 saturated carbocycles. The van der Waals surface area contributed by atoms with Crippen LogP contribution in [0.5, 0.6) is 0 Å². The number of piperidine rings is 1. The molecule has 1 atom stereocenters. The van der Waals surface area contributed by atoms with Gasteiger partial charge in [-0.1, -0.05) is 12.1 Å². The van der Waals surface area contributed by atoms with Gasteiger partial charge < -0.3 is 16.0 Å². The summed E-state index contributed by atoms with van der Waals surface area (Å²) in [6.07, 6.45) is 1.24. The molecular formula is C14H19F2N3. The Bertz CT molecular complexity index is 476. The summed E-state index contributed by atoms with van der Waals surface area (Å²) in [5.74, 6) is -2.80. The number of alkyl halides is 2. The number of nitrogens with two attached hydrogens (primary N) is 1. The third-order valence-electron chi connectivity index (χ3n) is 4.11. The smallest absolute Gasteiger partial charge is 0.280 e. The SMILES string of the molecule is NC1CCN(c2cccc3c2CCNC3)CC1(F)F. The molecule has 3 N–H and O–H groups in total. The molecule has 1 fully saturated rings. The number of fused-ring (bicyclic) bond motifs is 1. The van der Waals surface area contributed by atoms with E-state index in [2.05, 4.69) is 11.4 Å². The van der Waals surface area contributed by atoms with E-state index in [1.54, 1.807) is 4.90 Å². The van der Waals surface area contributed by atoms with Crippen molar-refractivity contribution in [2.75, 3.05) is 24.5 Å². The van der Waals surface area contributed by atoms with Crippen molar-refractivity contribution in [1.82, 2.24) is 5.32 Å². The zero-order valence-electron chi connectivity index (χ0n) is 10.8. The first-order valence-corrected chi connectivity index (χ1v) is 6.78. The van der Waals surface area contributed by atoms with Gasteiger partial charge in [-0.15, -0.1) is 0 Å². The van der Waals surface area contributed by atoms with Crippen LogP contribution in [-0.2, 0) is 13.0 Å². The lowest BCUT2D eigenvalue weighted by molar-refractivity contribution is -0.0300. The van der Waals surface area contributed by atoms with Gasteiger partial charge in [0.15, 0.2) is 0 Å². The maximum atomic E-state index is 13.8. The minimum atomic E-state index is -2.80. The molecule has 0 bridgehead atoms. The van der Waals surface area contributed by atoms with Gasteiger partial charge in [0.25, 0.3) is 5.92 Å². The van der Waals surface area contributed by atoms with Crippen molar-refractivity contribution in [3.8, 4) is 0 Å². The van der Waals surface area contributed by atoms with E-state index >= 15 is 0 Å². The first-order valence-electron chi connectivity index (χ1n) is 6.78. The monoisotopic (exact) mass is 267 g/mol. The second-order valence-corrected chi connectivity index (χ2v) is 5.42. The molecule has 1 unspecified atom stereocenters. The second-order valence-electron chi connectivity index (χ2n) is 5.42. The number of nitrogens with zero attached hydrogens (tertiary/aromatic N) is 1. The molecule has 2 heterocycles. The fraction of sp³-hybridized carbons (Fsp3) is 0.571. The van der Waals surface area contributed by atoms with E-state index < -0.39 is 12.0 Å². The molecule has 0 spiro atoms. The van der Waals surface area contributed by atoms with Crippen LogP contribution in [-0.4, -0.2) is 31.6 Å². The van der Waals surface area contributed by atoms with Crippen molar-refractivity contribution in [2.45, 2.75) is 31.4 Å². The Morgan fingerprint density at radius 2 is 2.21 bits per heavy atom. The van der Waals surface area contributed by atoms with E-state index in [4.69, 9.17) is 5.73 Å². The van der Waals surface area contributed by atoms with Gasteiger partial charge in [0, 0.05) is 18.8 Å². The predicted octanol–water partition coefficient (Wildman–Crippen LogP) is 1.50. The summed E-state index contributed by atoms with van der Waals surface area (Å²) in [6.45, 7) is 2.08. The standard InChI is InChI=1S/C14H19F2N3/c15-14(16)9-19(7-5-13(14)17)12-3-1-2-10-8-18-6-4-11(10)12/h1-3,13,18H,4-9,17H2. The average molecular weight is 267 g/mol. The Kier molecular flexibility index (Phi) is 3.19. The van der Waals surface area contributed by atoms with Gasteiger partial charge in [0.05, 0.1) is 12.6 Å². The maximum Gasteiger partial charge on any atom is 0.280 e. The quantitative estimate of drug-likeness (QED) is 0.810. The molecule has 1 aromatic carbocycles. The molecule has 1 saturated heterocycles. The zero-order chi connectivity index (χ0) is 13.5. The number of benzene rings is 1. The number of halogens is 2. The lowest BCUT2D eigenvalue weighted by Crippen LogP contribution is -2.55. The molecule has 2 aliphatic heterocycles.